The lowest BCUT2D eigenvalue weighted by molar-refractivity contribution is -0.126. The summed E-state index contributed by atoms with van der Waals surface area (Å²) in [6, 6.07) is 1.51. The molecule has 2 heterocycles. The molecule has 0 radical (unpaired) electrons. The average molecular weight is 457 g/mol. The summed E-state index contributed by atoms with van der Waals surface area (Å²) in [5, 5.41) is 3.36. The maximum atomic E-state index is 13.1. The molecule has 170 valence electrons. The third-order valence-electron chi connectivity index (χ3n) is 7.27. The number of aryl methyl sites for hydroxylation is 1. The number of aromatic amines is 1. The maximum absolute atomic E-state index is 13.1. The van der Waals surface area contributed by atoms with Crippen molar-refractivity contribution in [1.29, 1.82) is 0 Å². The van der Waals surface area contributed by atoms with Crippen molar-refractivity contribution in [2.45, 2.75) is 68.3 Å². The summed E-state index contributed by atoms with van der Waals surface area (Å²) < 4.78 is 4.79. The first-order chi connectivity index (χ1) is 15.2. The van der Waals surface area contributed by atoms with E-state index in [1.807, 2.05) is 6.92 Å². The molecule has 0 saturated heterocycles. The molecular weight excluding hydrogens is 428 g/mol. The van der Waals surface area contributed by atoms with Gasteiger partial charge < -0.3 is 15.0 Å². The zero-order chi connectivity index (χ0) is 22.6. The van der Waals surface area contributed by atoms with Crippen molar-refractivity contribution in [1.82, 2.24) is 20.3 Å². The number of pyridine rings is 1. The first kappa shape index (κ1) is 21.4. The van der Waals surface area contributed by atoms with E-state index in [-0.39, 0.29) is 28.0 Å². The molecular formula is C23H28N4O4S. The third-order valence-corrected chi connectivity index (χ3v) is 8.26. The number of hydrogen-bond donors (Lipinski definition) is 2. The zero-order valence-corrected chi connectivity index (χ0v) is 19.4. The molecule has 0 spiro atoms. The quantitative estimate of drug-likeness (QED) is 0.404. The normalized spacial score (nSPS) is 29.2. The van der Waals surface area contributed by atoms with E-state index in [1.54, 1.807) is 6.92 Å². The fourth-order valence-corrected chi connectivity index (χ4v) is 7.21. The number of thioether (sulfide) groups is 1. The van der Waals surface area contributed by atoms with Gasteiger partial charge in [-0.2, -0.15) is 0 Å². The Bertz CT molecular complexity index is 1130. The monoisotopic (exact) mass is 456 g/mol. The van der Waals surface area contributed by atoms with Crippen molar-refractivity contribution < 1.29 is 14.3 Å². The van der Waals surface area contributed by atoms with Crippen LogP contribution in [0.1, 0.15) is 61.5 Å². The SMILES string of the molecule is COC(=O)c1cc(C)nc2nc(S[C@@H](C)C(=O)NC34CC5CC(CC(C5)C3)C4)[nH]c(=O)c12. The van der Waals surface area contributed by atoms with Gasteiger partial charge in [-0.15, -0.1) is 0 Å². The summed E-state index contributed by atoms with van der Waals surface area (Å²) in [5.74, 6) is 1.62. The minimum absolute atomic E-state index is 0.0212. The molecule has 2 N–H and O–H groups in total. The fraction of sp³-hybridized carbons (Fsp3) is 0.609. The van der Waals surface area contributed by atoms with E-state index >= 15 is 0 Å². The number of esters is 1. The number of rotatable bonds is 5. The Kier molecular flexibility index (Phi) is 5.27. The molecule has 4 fully saturated rings. The number of carbonyl (C=O) groups excluding carboxylic acids is 2. The zero-order valence-electron chi connectivity index (χ0n) is 18.6. The second kappa shape index (κ2) is 7.86. The molecule has 1 atom stereocenters. The molecule has 9 heteroatoms. The first-order valence-electron chi connectivity index (χ1n) is 11.2. The Hall–Kier alpha value is -2.42. The van der Waals surface area contributed by atoms with Crippen LogP contribution >= 0.6 is 11.8 Å². The molecule has 4 aliphatic rings. The van der Waals surface area contributed by atoms with Crippen molar-refractivity contribution >= 4 is 34.7 Å². The van der Waals surface area contributed by atoms with E-state index in [2.05, 4.69) is 20.3 Å². The number of fused-ring (bicyclic) bond motifs is 1. The molecule has 8 nitrogen and oxygen atoms in total. The lowest BCUT2D eigenvalue weighted by Crippen LogP contribution is -2.60. The van der Waals surface area contributed by atoms with Crippen molar-refractivity contribution in [3.05, 3.63) is 27.7 Å². The number of H-pyrrole nitrogens is 1. The van der Waals surface area contributed by atoms with Crippen LogP contribution in [0.25, 0.3) is 11.0 Å². The van der Waals surface area contributed by atoms with Crippen LogP contribution in [0.4, 0.5) is 0 Å². The van der Waals surface area contributed by atoms with E-state index < -0.39 is 16.8 Å². The number of hydrogen-bond acceptors (Lipinski definition) is 7. The van der Waals surface area contributed by atoms with Crippen molar-refractivity contribution in [2.75, 3.05) is 7.11 Å². The molecule has 4 aliphatic carbocycles. The summed E-state index contributed by atoms with van der Waals surface area (Å²) in [6.45, 7) is 3.55. The number of aromatic nitrogens is 3. The van der Waals surface area contributed by atoms with Gasteiger partial charge in [-0.3, -0.25) is 9.59 Å². The highest BCUT2D eigenvalue weighted by Crippen LogP contribution is 2.55. The van der Waals surface area contributed by atoms with E-state index in [0.717, 1.165) is 37.0 Å². The molecule has 2 aromatic heterocycles. The molecule has 2 aromatic rings. The molecule has 32 heavy (non-hydrogen) atoms. The number of amides is 1. The topological polar surface area (TPSA) is 114 Å². The van der Waals surface area contributed by atoms with Crippen LogP contribution in [0.15, 0.2) is 16.0 Å². The van der Waals surface area contributed by atoms with Crippen molar-refractivity contribution in [2.24, 2.45) is 17.8 Å². The third kappa shape index (κ3) is 3.80. The van der Waals surface area contributed by atoms with Gasteiger partial charge in [-0.25, -0.2) is 14.8 Å². The van der Waals surface area contributed by atoms with Gasteiger partial charge in [0.2, 0.25) is 5.91 Å². The number of ether oxygens (including phenoxy) is 1. The second-order valence-corrected chi connectivity index (χ2v) is 11.1. The minimum atomic E-state index is -0.614. The minimum Gasteiger partial charge on any atom is -0.465 e. The van der Waals surface area contributed by atoms with Gasteiger partial charge in [0.15, 0.2) is 10.8 Å². The maximum Gasteiger partial charge on any atom is 0.338 e. The van der Waals surface area contributed by atoms with Gasteiger partial charge in [0, 0.05) is 11.2 Å². The number of nitrogens with one attached hydrogen (secondary N) is 2. The largest absolute Gasteiger partial charge is 0.465 e. The van der Waals surface area contributed by atoms with Crippen LogP contribution in [0.2, 0.25) is 0 Å². The fourth-order valence-electron chi connectivity index (χ4n) is 6.42. The Labute approximate surface area is 190 Å². The Morgan fingerprint density at radius 1 is 1.19 bits per heavy atom. The summed E-state index contributed by atoms with van der Waals surface area (Å²) >= 11 is 1.20. The second-order valence-electron chi connectivity index (χ2n) is 9.82. The molecule has 0 aromatic carbocycles. The van der Waals surface area contributed by atoms with Crippen LogP contribution in [-0.2, 0) is 9.53 Å². The lowest BCUT2D eigenvalue weighted by Gasteiger charge is -2.57. The average Bonchev–Trinajstić information content (AvgIpc) is 2.70. The Morgan fingerprint density at radius 2 is 1.81 bits per heavy atom. The highest BCUT2D eigenvalue weighted by molar-refractivity contribution is 8.00. The van der Waals surface area contributed by atoms with E-state index in [1.165, 1.54) is 44.2 Å². The summed E-state index contributed by atoms with van der Waals surface area (Å²) in [4.78, 5) is 49.4. The van der Waals surface area contributed by atoms with Gasteiger partial charge in [-0.1, -0.05) is 11.8 Å². The number of carbonyl (C=O) groups is 2. The van der Waals surface area contributed by atoms with Crippen LogP contribution in [0.5, 0.6) is 0 Å². The molecule has 6 rings (SSSR count). The molecule has 4 bridgehead atoms. The van der Waals surface area contributed by atoms with E-state index in [4.69, 9.17) is 4.74 Å². The summed E-state index contributed by atoms with van der Waals surface area (Å²) in [7, 11) is 1.26. The van der Waals surface area contributed by atoms with Crippen LogP contribution in [0.3, 0.4) is 0 Å². The van der Waals surface area contributed by atoms with Crippen molar-refractivity contribution in [3.8, 4) is 0 Å². The first-order valence-corrected chi connectivity index (χ1v) is 12.1. The highest BCUT2D eigenvalue weighted by atomic mass is 32.2. The van der Waals surface area contributed by atoms with Gasteiger partial charge in [0.25, 0.3) is 5.56 Å². The molecule has 0 aliphatic heterocycles. The van der Waals surface area contributed by atoms with E-state index in [9.17, 15) is 14.4 Å². The van der Waals surface area contributed by atoms with Gasteiger partial charge >= 0.3 is 5.97 Å². The van der Waals surface area contributed by atoms with Crippen molar-refractivity contribution in [3.63, 3.8) is 0 Å². The van der Waals surface area contributed by atoms with Gasteiger partial charge in [-0.05, 0) is 76.2 Å². The van der Waals surface area contributed by atoms with E-state index in [0.29, 0.717) is 10.9 Å². The smallest absolute Gasteiger partial charge is 0.338 e. The molecule has 1 amide bonds. The summed E-state index contributed by atoms with van der Waals surface area (Å²) in [5.41, 5.74) is 0.329. The number of methoxy groups -OCH3 is 1. The summed E-state index contributed by atoms with van der Waals surface area (Å²) in [6.07, 6.45) is 7.23. The van der Waals surface area contributed by atoms with Crippen LogP contribution < -0.4 is 10.9 Å². The lowest BCUT2D eigenvalue weighted by atomic mass is 9.53. The Balaban J connectivity index is 1.36. The van der Waals surface area contributed by atoms with Gasteiger partial charge in [0.05, 0.1) is 23.3 Å². The van der Waals surface area contributed by atoms with Crippen LogP contribution in [-0.4, -0.2) is 44.7 Å². The Morgan fingerprint density at radius 3 is 2.41 bits per heavy atom. The predicted octanol–water partition coefficient (Wildman–Crippen LogP) is 2.98. The number of nitrogens with zero attached hydrogens (tertiary/aromatic N) is 2. The predicted molar refractivity (Wildman–Crippen MR) is 121 cm³/mol. The van der Waals surface area contributed by atoms with Crippen LogP contribution in [0, 0.1) is 24.7 Å². The standard InChI is InChI=1S/C23H28N4O4S/c1-11-4-16(21(30)31-3)17-18(24-11)25-22(26-20(17)29)32-12(2)19(28)27-23-8-13-5-14(9-23)7-15(6-13)10-23/h4,12-15H,5-10H2,1-3H3,(H,27,28)(H,24,25,26,29)/t12-,13?,14?,15?,23?/m0/s1. The molecule has 4 saturated carbocycles. The highest BCUT2D eigenvalue weighted by Gasteiger charge is 2.51. The molecule has 0 unspecified atom stereocenters. The van der Waals surface area contributed by atoms with Gasteiger partial charge in [0.1, 0.15) is 0 Å².